The Morgan fingerprint density at radius 2 is 2.14 bits per heavy atom. The summed E-state index contributed by atoms with van der Waals surface area (Å²) in [4.78, 5) is 12.3. The van der Waals surface area contributed by atoms with Crippen molar-refractivity contribution in [3.63, 3.8) is 0 Å². The molecule has 0 amide bonds. The molecule has 108 valence electrons. The highest BCUT2D eigenvalue weighted by molar-refractivity contribution is 6.31. The Kier molecular flexibility index (Phi) is 3.80. The predicted octanol–water partition coefficient (Wildman–Crippen LogP) is 3.46. The Balaban J connectivity index is 1.74. The molecule has 0 aliphatic carbocycles. The molecule has 1 aliphatic heterocycles. The first-order valence-corrected chi connectivity index (χ1v) is 6.97. The Hall–Kier alpha value is -2.07. The fraction of sp³-hybridized carbons (Fsp3) is 0.188. The van der Waals surface area contributed by atoms with Crippen molar-refractivity contribution in [2.75, 3.05) is 11.9 Å². The van der Waals surface area contributed by atoms with Crippen molar-refractivity contribution in [3.05, 3.63) is 58.9 Å². The van der Waals surface area contributed by atoms with Gasteiger partial charge in [0.05, 0.1) is 12.2 Å². The summed E-state index contributed by atoms with van der Waals surface area (Å²) in [6.45, 7) is 0.392. The summed E-state index contributed by atoms with van der Waals surface area (Å²) >= 11 is 5.98. The van der Waals surface area contributed by atoms with Gasteiger partial charge in [0.25, 0.3) is 0 Å². The molecule has 0 aromatic heterocycles. The SMILES string of the molecule is O=C(Cc1cc(F)ccc1Cl)C1CNc2ccccc2O1. The monoisotopic (exact) mass is 305 g/mol. The Labute approximate surface area is 126 Å². The van der Waals surface area contributed by atoms with Crippen molar-refractivity contribution in [2.45, 2.75) is 12.5 Å². The van der Waals surface area contributed by atoms with Crippen molar-refractivity contribution >= 4 is 23.1 Å². The molecule has 0 fully saturated rings. The van der Waals surface area contributed by atoms with Crippen LogP contribution in [0, 0.1) is 5.82 Å². The van der Waals surface area contributed by atoms with E-state index >= 15 is 0 Å². The van der Waals surface area contributed by atoms with Crippen LogP contribution in [-0.2, 0) is 11.2 Å². The molecule has 0 saturated carbocycles. The molecular formula is C16H13ClFNO2. The van der Waals surface area contributed by atoms with Crippen LogP contribution in [0.4, 0.5) is 10.1 Å². The third-order valence-electron chi connectivity index (χ3n) is 3.37. The zero-order valence-electron chi connectivity index (χ0n) is 11.1. The van der Waals surface area contributed by atoms with Gasteiger partial charge in [0.2, 0.25) is 0 Å². The van der Waals surface area contributed by atoms with Gasteiger partial charge in [-0.3, -0.25) is 4.79 Å². The van der Waals surface area contributed by atoms with Gasteiger partial charge >= 0.3 is 0 Å². The molecule has 1 unspecified atom stereocenters. The molecule has 0 spiro atoms. The molecule has 2 aromatic rings. The van der Waals surface area contributed by atoms with Crippen LogP contribution in [0.3, 0.4) is 0 Å². The number of carbonyl (C=O) groups is 1. The normalized spacial score (nSPS) is 16.6. The van der Waals surface area contributed by atoms with Crippen molar-refractivity contribution in [1.29, 1.82) is 0 Å². The standard InChI is InChI=1S/C16H13ClFNO2/c17-12-6-5-11(18)7-10(12)8-14(20)16-9-19-13-3-1-2-4-15(13)21-16/h1-7,16,19H,8-9H2. The lowest BCUT2D eigenvalue weighted by atomic mass is 10.0. The molecule has 1 heterocycles. The van der Waals surface area contributed by atoms with Crippen LogP contribution >= 0.6 is 11.6 Å². The van der Waals surface area contributed by atoms with Gasteiger partial charge in [0.15, 0.2) is 11.9 Å². The molecule has 1 atom stereocenters. The van der Waals surface area contributed by atoms with Crippen LogP contribution in [0.15, 0.2) is 42.5 Å². The van der Waals surface area contributed by atoms with Crippen molar-refractivity contribution in [1.82, 2.24) is 0 Å². The number of carbonyl (C=O) groups excluding carboxylic acids is 1. The summed E-state index contributed by atoms with van der Waals surface area (Å²) < 4.78 is 18.9. The second kappa shape index (κ2) is 5.74. The quantitative estimate of drug-likeness (QED) is 0.943. The predicted molar refractivity (Wildman–Crippen MR) is 79.5 cm³/mol. The van der Waals surface area contributed by atoms with Gasteiger partial charge < -0.3 is 10.1 Å². The zero-order chi connectivity index (χ0) is 14.8. The molecule has 5 heteroatoms. The van der Waals surface area contributed by atoms with Crippen molar-refractivity contribution in [2.24, 2.45) is 0 Å². The first-order chi connectivity index (χ1) is 10.1. The number of Topliss-reactive ketones (excluding diaryl/α,β-unsaturated/α-hetero) is 1. The maximum absolute atomic E-state index is 13.2. The minimum Gasteiger partial charge on any atom is -0.479 e. The van der Waals surface area contributed by atoms with Gasteiger partial charge in [-0.1, -0.05) is 23.7 Å². The lowest BCUT2D eigenvalue weighted by Crippen LogP contribution is -2.38. The van der Waals surface area contributed by atoms with E-state index in [4.69, 9.17) is 16.3 Å². The van der Waals surface area contributed by atoms with E-state index in [0.29, 0.717) is 22.9 Å². The first kappa shape index (κ1) is 13.9. The van der Waals surface area contributed by atoms with Crippen LogP contribution in [-0.4, -0.2) is 18.4 Å². The fourth-order valence-corrected chi connectivity index (χ4v) is 2.46. The number of nitrogens with one attached hydrogen (secondary N) is 1. The molecule has 0 bridgehead atoms. The van der Waals surface area contributed by atoms with Gasteiger partial charge in [-0.25, -0.2) is 4.39 Å². The number of anilines is 1. The molecule has 0 saturated heterocycles. The minimum absolute atomic E-state index is 0.0467. The van der Waals surface area contributed by atoms with Crippen LogP contribution in [0.5, 0.6) is 5.75 Å². The third-order valence-corrected chi connectivity index (χ3v) is 3.73. The van der Waals surface area contributed by atoms with Crippen LogP contribution < -0.4 is 10.1 Å². The van der Waals surface area contributed by atoms with Crippen LogP contribution in [0.1, 0.15) is 5.56 Å². The van der Waals surface area contributed by atoms with Gasteiger partial charge in [0.1, 0.15) is 11.6 Å². The largest absolute Gasteiger partial charge is 0.479 e. The van der Waals surface area contributed by atoms with Gasteiger partial charge in [-0.2, -0.15) is 0 Å². The van der Waals surface area contributed by atoms with E-state index in [2.05, 4.69) is 5.32 Å². The number of fused-ring (bicyclic) bond motifs is 1. The molecule has 21 heavy (non-hydrogen) atoms. The van der Waals surface area contributed by atoms with E-state index < -0.39 is 11.9 Å². The summed E-state index contributed by atoms with van der Waals surface area (Å²) in [7, 11) is 0. The molecule has 3 rings (SSSR count). The molecule has 1 N–H and O–H groups in total. The maximum Gasteiger partial charge on any atom is 0.179 e. The van der Waals surface area contributed by atoms with E-state index in [1.165, 1.54) is 18.2 Å². The molecular weight excluding hydrogens is 293 g/mol. The summed E-state index contributed by atoms with van der Waals surface area (Å²) in [5.74, 6) is 0.104. The van der Waals surface area contributed by atoms with Gasteiger partial charge in [-0.05, 0) is 35.9 Å². The molecule has 1 aliphatic rings. The summed E-state index contributed by atoms with van der Waals surface area (Å²) in [6, 6.07) is 11.4. The Morgan fingerprint density at radius 1 is 1.33 bits per heavy atom. The summed E-state index contributed by atoms with van der Waals surface area (Å²) in [5.41, 5.74) is 1.34. The highest BCUT2D eigenvalue weighted by Crippen LogP contribution is 2.29. The average Bonchev–Trinajstić information content (AvgIpc) is 2.50. The molecule has 0 radical (unpaired) electrons. The second-order valence-corrected chi connectivity index (χ2v) is 5.27. The molecule has 3 nitrogen and oxygen atoms in total. The number of halogens is 2. The second-order valence-electron chi connectivity index (χ2n) is 4.86. The highest BCUT2D eigenvalue weighted by Gasteiger charge is 2.26. The lowest BCUT2D eigenvalue weighted by molar-refractivity contribution is -0.124. The van der Waals surface area contributed by atoms with Gasteiger partial charge in [-0.15, -0.1) is 0 Å². The van der Waals surface area contributed by atoms with E-state index in [0.717, 1.165) is 5.69 Å². The number of hydrogen-bond acceptors (Lipinski definition) is 3. The topological polar surface area (TPSA) is 38.3 Å². The highest BCUT2D eigenvalue weighted by atomic mass is 35.5. The number of hydrogen-bond donors (Lipinski definition) is 1. The fourth-order valence-electron chi connectivity index (χ4n) is 2.27. The third kappa shape index (κ3) is 3.00. The van der Waals surface area contributed by atoms with Crippen LogP contribution in [0.25, 0.3) is 0 Å². The smallest absolute Gasteiger partial charge is 0.179 e. The summed E-state index contributed by atoms with van der Waals surface area (Å²) in [6.07, 6.45) is -0.551. The maximum atomic E-state index is 13.2. The minimum atomic E-state index is -0.598. The van der Waals surface area contributed by atoms with E-state index in [1.54, 1.807) is 6.07 Å². The van der Waals surface area contributed by atoms with Crippen molar-refractivity contribution in [3.8, 4) is 5.75 Å². The van der Waals surface area contributed by atoms with Gasteiger partial charge in [0, 0.05) is 11.4 Å². The van der Waals surface area contributed by atoms with E-state index in [9.17, 15) is 9.18 Å². The van der Waals surface area contributed by atoms with E-state index in [-0.39, 0.29) is 12.2 Å². The number of ether oxygens (including phenoxy) is 1. The molecule has 2 aromatic carbocycles. The zero-order valence-corrected chi connectivity index (χ0v) is 11.9. The lowest BCUT2D eigenvalue weighted by Gasteiger charge is -2.26. The van der Waals surface area contributed by atoms with Crippen LogP contribution in [0.2, 0.25) is 5.02 Å². The van der Waals surface area contributed by atoms with Crippen molar-refractivity contribution < 1.29 is 13.9 Å². The first-order valence-electron chi connectivity index (χ1n) is 6.59. The summed E-state index contributed by atoms with van der Waals surface area (Å²) in [5, 5.41) is 3.54. The number of para-hydroxylation sites is 2. The number of rotatable bonds is 3. The average molecular weight is 306 g/mol. The Bertz CT molecular complexity index is 690. The number of ketones is 1. The van der Waals surface area contributed by atoms with E-state index in [1.807, 2.05) is 18.2 Å². The Morgan fingerprint density at radius 3 is 3.00 bits per heavy atom. The number of benzene rings is 2.